The maximum atomic E-state index is 13.1. The molecule has 3 aromatic carbocycles. The van der Waals surface area contributed by atoms with Crippen molar-refractivity contribution in [3.05, 3.63) is 95.4 Å². The number of hydrogen-bond donors (Lipinski definition) is 1. The Kier molecular flexibility index (Phi) is 9.59. The molecular weight excluding hydrogens is 678 g/mol. The van der Waals surface area contributed by atoms with Gasteiger partial charge in [0.25, 0.3) is 11.8 Å². The number of benzene rings is 3. The molecule has 1 fully saturated rings. The second-order valence-electron chi connectivity index (χ2n) is 8.12. The van der Waals surface area contributed by atoms with E-state index in [0.29, 0.717) is 39.7 Å². The van der Waals surface area contributed by atoms with Crippen molar-refractivity contribution >= 4 is 92.0 Å². The van der Waals surface area contributed by atoms with E-state index in [-0.39, 0.29) is 9.88 Å². The number of nitrogens with zero attached hydrogens (tertiary/aromatic N) is 1. The molecule has 0 saturated carbocycles. The first-order valence-corrected chi connectivity index (χ1v) is 14.4. The van der Waals surface area contributed by atoms with Crippen LogP contribution in [0.2, 0.25) is 10.0 Å². The molecule has 1 saturated heterocycles. The number of rotatable bonds is 8. The molecule has 38 heavy (non-hydrogen) atoms. The lowest BCUT2D eigenvalue weighted by Crippen LogP contribution is -2.44. The molecule has 1 aliphatic heterocycles. The first-order chi connectivity index (χ1) is 18.2. The van der Waals surface area contributed by atoms with Gasteiger partial charge in [0.1, 0.15) is 6.61 Å². The van der Waals surface area contributed by atoms with Gasteiger partial charge in [-0.25, -0.2) is 0 Å². The van der Waals surface area contributed by atoms with Gasteiger partial charge in [0.05, 0.1) is 25.7 Å². The fourth-order valence-corrected chi connectivity index (χ4v) is 5.90. The predicted octanol–water partition coefficient (Wildman–Crippen LogP) is 7.43. The second-order valence-corrected chi connectivity index (χ2v) is 11.8. The highest BCUT2D eigenvalue weighted by atomic mass is 127. The van der Waals surface area contributed by atoms with Crippen LogP contribution in [0.5, 0.6) is 11.5 Å². The Hall–Kier alpha value is -2.31. The highest BCUT2D eigenvalue weighted by molar-refractivity contribution is 14.1. The monoisotopic (exact) mass is 698 g/mol. The highest BCUT2D eigenvalue weighted by Gasteiger charge is 2.34. The fraction of sp³-hybridized carbons (Fsp3) is 0.148. The minimum absolute atomic E-state index is 0.209. The number of carbonyl (C=O) groups excluding carboxylic acids is 2. The molecule has 11 heteroatoms. The van der Waals surface area contributed by atoms with Gasteiger partial charge in [-0.2, -0.15) is 5.01 Å². The molecule has 0 aromatic heterocycles. The molecule has 0 aliphatic carbocycles. The summed E-state index contributed by atoms with van der Waals surface area (Å²) in [5, 5.41) is 2.01. The van der Waals surface area contributed by atoms with Crippen molar-refractivity contribution < 1.29 is 19.1 Å². The maximum absolute atomic E-state index is 13.1. The van der Waals surface area contributed by atoms with E-state index in [2.05, 4.69) is 28.0 Å². The minimum Gasteiger partial charge on any atom is -0.490 e. The maximum Gasteiger partial charge on any atom is 0.285 e. The SMILES string of the molecule is CCOc1cc(/C=C2/SC(=S)N(NC(=O)c3ccc(C)cc3Cl)C2=O)cc(I)c1OCc1ccc(Cl)cc1. The van der Waals surface area contributed by atoms with Gasteiger partial charge >= 0.3 is 0 Å². The fourth-order valence-electron chi connectivity index (χ4n) is 3.49. The summed E-state index contributed by atoms with van der Waals surface area (Å²) in [5.41, 5.74) is 5.43. The first kappa shape index (κ1) is 28.7. The Morgan fingerprint density at radius 2 is 1.87 bits per heavy atom. The molecule has 1 aliphatic rings. The lowest BCUT2D eigenvalue weighted by molar-refractivity contribution is -0.123. The van der Waals surface area contributed by atoms with E-state index < -0.39 is 11.8 Å². The Balaban J connectivity index is 1.53. The molecule has 2 amide bonds. The van der Waals surface area contributed by atoms with Crippen LogP contribution in [0.1, 0.15) is 34.0 Å². The predicted molar refractivity (Wildman–Crippen MR) is 165 cm³/mol. The summed E-state index contributed by atoms with van der Waals surface area (Å²) in [6.07, 6.45) is 1.71. The van der Waals surface area contributed by atoms with Crippen molar-refractivity contribution in [3.8, 4) is 11.5 Å². The number of amides is 2. The summed E-state index contributed by atoms with van der Waals surface area (Å²) in [6.45, 7) is 4.54. The van der Waals surface area contributed by atoms with Crippen LogP contribution in [0, 0.1) is 10.5 Å². The summed E-state index contributed by atoms with van der Waals surface area (Å²) in [4.78, 5) is 26.2. The Morgan fingerprint density at radius 3 is 2.55 bits per heavy atom. The largest absolute Gasteiger partial charge is 0.490 e. The quantitative estimate of drug-likeness (QED) is 0.150. The van der Waals surface area contributed by atoms with E-state index in [9.17, 15) is 9.59 Å². The molecule has 0 unspecified atom stereocenters. The number of nitrogens with one attached hydrogen (secondary N) is 1. The van der Waals surface area contributed by atoms with Gasteiger partial charge in [0.2, 0.25) is 0 Å². The molecule has 0 atom stereocenters. The highest BCUT2D eigenvalue weighted by Crippen LogP contribution is 2.38. The summed E-state index contributed by atoms with van der Waals surface area (Å²) in [6, 6.07) is 16.2. The van der Waals surface area contributed by atoms with Crippen LogP contribution < -0.4 is 14.9 Å². The van der Waals surface area contributed by atoms with Crippen LogP contribution in [-0.4, -0.2) is 27.8 Å². The Labute approximate surface area is 253 Å². The molecule has 1 heterocycles. The standard InChI is InChI=1S/C27H21Cl2IN2O4S2/c1-3-35-22-12-17(11-21(30)24(22)36-14-16-5-7-18(28)8-6-16)13-23-26(34)32(27(37)38-23)31-25(33)19-9-4-15(2)10-20(19)29/h4-13H,3,14H2,1-2H3,(H,31,33)/b23-13+. The molecule has 196 valence electrons. The number of ether oxygens (including phenoxy) is 2. The first-order valence-electron chi connectivity index (χ1n) is 11.3. The average molecular weight is 699 g/mol. The van der Waals surface area contributed by atoms with Gasteiger partial charge < -0.3 is 9.47 Å². The van der Waals surface area contributed by atoms with Crippen LogP contribution in [0.4, 0.5) is 0 Å². The summed E-state index contributed by atoms with van der Waals surface area (Å²) in [7, 11) is 0. The van der Waals surface area contributed by atoms with E-state index in [1.54, 1.807) is 30.3 Å². The van der Waals surface area contributed by atoms with E-state index in [0.717, 1.165) is 37.0 Å². The van der Waals surface area contributed by atoms with Crippen LogP contribution in [0.3, 0.4) is 0 Å². The molecule has 0 bridgehead atoms. The van der Waals surface area contributed by atoms with Gasteiger partial charge in [-0.05, 0) is 108 Å². The van der Waals surface area contributed by atoms with Gasteiger partial charge in [0.15, 0.2) is 15.8 Å². The van der Waals surface area contributed by atoms with Crippen LogP contribution >= 0.6 is 69.8 Å². The molecule has 3 aromatic rings. The number of halogens is 3. The van der Waals surface area contributed by atoms with Crippen LogP contribution in [-0.2, 0) is 11.4 Å². The number of hydrazine groups is 1. The zero-order chi connectivity index (χ0) is 27.4. The summed E-state index contributed by atoms with van der Waals surface area (Å²) in [5.74, 6) is 0.197. The summed E-state index contributed by atoms with van der Waals surface area (Å²) >= 11 is 20.8. The lowest BCUT2D eigenvalue weighted by Gasteiger charge is -2.16. The van der Waals surface area contributed by atoms with Crippen LogP contribution in [0.15, 0.2) is 59.5 Å². The Bertz CT molecular complexity index is 1450. The number of aryl methyl sites for hydroxylation is 1. The number of carbonyl (C=O) groups is 2. The minimum atomic E-state index is -0.525. The van der Waals surface area contributed by atoms with Crippen molar-refractivity contribution in [1.29, 1.82) is 0 Å². The zero-order valence-corrected chi connectivity index (χ0v) is 25.5. The van der Waals surface area contributed by atoms with Crippen molar-refractivity contribution in [2.75, 3.05) is 6.61 Å². The second kappa shape index (κ2) is 12.7. The zero-order valence-electron chi connectivity index (χ0n) is 20.2. The molecule has 4 rings (SSSR count). The smallest absolute Gasteiger partial charge is 0.285 e. The normalized spacial score (nSPS) is 14.2. The third-order valence-electron chi connectivity index (χ3n) is 5.30. The van der Waals surface area contributed by atoms with Gasteiger partial charge in [-0.1, -0.05) is 53.2 Å². The third kappa shape index (κ3) is 6.81. The molecule has 6 nitrogen and oxygen atoms in total. The molecule has 0 spiro atoms. The van der Waals surface area contributed by atoms with Gasteiger partial charge in [-0.15, -0.1) is 0 Å². The summed E-state index contributed by atoms with van der Waals surface area (Å²) < 4.78 is 12.9. The van der Waals surface area contributed by atoms with E-state index in [1.165, 1.54) is 0 Å². The topological polar surface area (TPSA) is 67.9 Å². The third-order valence-corrected chi connectivity index (χ3v) is 7.97. The number of hydrogen-bond acceptors (Lipinski definition) is 6. The van der Waals surface area contributed by atoms with E-state index >= 15 is 0 Å². The van der Waals surface area contributed by atoms with E-state index in [1.807, 2.05) is 44.2 Å². The molecular formula is C27H21Cl2IN2O4S2. The average Bonchev–Trinajstić information content (AvgIpc) is 3.12. The molecule has 1 N–H and O–H groups in total. The lowest BCUT2D eigenvalue weighted by atomic mass is 10.1. The number of thioether (sulfide) groups is 1. The van der Waals surface area contributed by atoms with Crippen LogP contribution in [0.25, 0.3) is 6.08 Å². The van der Waals surface area contributed by atoms with Gasteiger partial charge in [0, 0.05) is 5.02 Å². The van der Waals surface area contributed by atoms with Crippen molar-refractivity contribution in [3.63, 3.8) is 0 Å². The van der Waals surface area contributed by atoms with E-state index in [4.69, 9.17) is 44.9 Å². The van der Waals surface area contributed by atoms with Gasteiger partial charge in [-0.3, -0.25) is 15.0 Å². The van der Waals surface area contributed by atoms with Crippen molar-refractivity contribution in [1.82, 2.24) is 10.4 Å². The Morgan fingerprint density at radius 1 is 1.13 bits per heavy atom. The van der Waals surface area contributed by atoms with Crippen molar-refractivity contribution in [2.45, 2.75) is 20.5 Å². The van der Waals surface area contributed by atoms with Crippen molar-refractivity contribution in [2.24, 2.45) is 0 Å². The molecule has 0 radical (unpaired) electrons. The number of thiocarbonyl (C=S) groups is 1.